The molecule has 0 aliphatic heterocycles. The van der Waals surface area contributed by atoms with Crippen molar-refractivity contribution in [1.82, 2.24) is 5.32 Å². The van der Waals surface area contributed by atoms with Gasteiger partial charge in [0.1, 0.15) is 16.9 Å². The summed E-state index contributed by atoms with van der Waals surface area (Å²) in [5.74, 6) is -0.0827. The summed E-state index contributed by atoms with van der Waals surface area (Å²) in [5, 5.41) is 3.25. The number of rotatable bonds is 9. The summed E-state index contributed by atoms with van der Waals surface area (Å²) in [4.78, 5) is 37.1. The summed E-state index contributed by atoms with van der Waals surface area (Å²) in [6.45, 7) is 0.0383. The molecule has 35 heavy (non-hydrogen) atoms. The Hall–Kier alpha value is -4.59. The fourth-order valence-electron chi connectivity index (χ4n) is 3.41. The van der Waals surface area contributed by atoms with Crippen LogP contribution in [0.5, 0.6) is 17.2 Å². The van der Waals surface area contributed by atoms with Crippen molar-refractivity contribution in [1.29, 1.82) is 0 Å². The van der Waals surface area contributed by atoms with Crippen LogP contribution in [0.3, 0.4) is 0 Å². The van der Waals surface area contributed by atoms with Crippen LogP contribution in [0.4, 0.5) is 0 Å². The first kappa shape index (κ1) is 23.6. The molecule has 4 aromatic rings. The second-order valence-electron chi connectivity index (χ2n) is 7.55. The Morgan fingerprint density at radius 2 is 1.66 bits per heavy atom. The summed E-state index contributed by atoms with van der Waals surface area (Å²) >= 11 is 0. The molecule has 0 saturated carbocycles. The largest absolute Gasteiger partial charge is 0.493 e. The third-order valence-electron chi connectivity index (χ3n) is 5.14. The van der Waals surface area contributed by atoms with Crippen molar-refractivity contribution in [3.05, 3.63) is 100 Å². The van der Waals surface area contributed by atoms with Gasteiger partial charge in [-0.25, -0.2) is 9.59 Å². The van der Waals surface area contributed by atoms with Gasteiger partial charge in [-0.3, -0.25) is 4.79 Å². The number of esters is 1. The minimum Gasteiger partial charge on any atom is -0.493 e. The zero-order chi connectivity index (χ0) is 24.6. The van der Waals surface area contributed by atoms with Crippen molar-refractivity contribution in [3.8, 4) is 17.2 Å². The molecule has 1 amide bonds. The lowest BCUT2D eigenvalue weighted by atomic mass is 10.1. The van der Waals surface area contributed by atoms with Crippen LogP contribution in [0.25, 0.3) is 11.0 Å². The molecule has 0 aliphatic carbocycles. The SMILES string of the molecule is COc1ccccc1OCC(=O)Oc1ccc2cc(C(=O)NCCc3ccccc3)c(=O)oc2c1. The third-order valence-corrected chi connectivity index (χ3v) is 5.14. The Morgan fingerprint density at radius 3 is 2.43 bits per heavy atom. The second kappa shape index (κ2) is 11.0. The summed E-state index contributed by atoms with van der Waals surface area (Å²) < 4.78 is 21.2. The van der Waals surface area contributed by atoms with E-state index in [9.17, 15) is 14.4 Å². The maximum absolute atomic E-state index is 12.5. The van der Waals surface area contributed by atoms with Gasteiger partial charge in [-0.05, 0) is 42.3 Å². The van der Waals surface area contributed by atoms with Crippen molar-refractivity contribution in [2.45, 2.75) is 6.42 Å². The molecule has 0 bridgehead atoms. The second-order valence-corrected chi connectivity index (χ2v) is 7.55. The Labute approximate surface area is 201 Å². The fraction of sp³-hybridized carbons (Fsp3) is 0.148. The molecule has 4 rings (SSSR count). The van der Waals surface area contributed by atoms with Crippen LogP contribution in [0.15, 0.2) is 88.1 Å². The van der Waals surface area contributed by atoms with Crippen molar-refractivity contribution in [2.24, 2.45) is 0 Å². The van der Waals surface area contributed by atoms with Gasteiger partial charge in [0.15, 0.2) is 18.1 Å². The number of methoxy groups -OCH3 is 1. The third kappa shape index (κ3) is 6.05. The number of carbonyl (C=O) groups is 2. The highest BCUT2D eigenvalue weighted by Gasteiger charge is 2.15. The smallest absolute Gasteiger partial charge is 0.349 e. The molecular weight excluding hydrogens is 450 g/mol. The average Bonchev–Trinajstić information content (AvgIpc) is 2.87. The summed E-state index contributed by atoms with van der Waals surface area (Å²) in [6, 6.07) is 22.6. The van der Waals surface area contributed by atoms with E-state index < -0.39 is 17.5 Å². The highest BCUT2D eigenvalue weighted by Crippen LogP contribution is 2.26. The van der Waals surface area contributed by atoms with Crippen LogP contribution in [0.2, 0.25) is 0 Å². The number of benzene rings is 3. The molecule has 0 unspecified atom stereocenters. The minimum absolute atomic E-state index is 0.0967. The molecule has 0 spiro atoms. The minimum atomic E-state index is -0.780. The molecule has 178 valence electrons. The van der Waals surface area contributed by atoms with E-state index in [-0.39, 0.29) is 23.5 Å². The van der Waals surface area contributed by atoms with Gasteiger partial charge in [-0.15, -0.1) is 0 Å². The van der Waals surface area contributed by atoms with E-state index in [1.165, 1.54) is 19.2 Å². The molecule has 0 fully saturated rings. The van der Waals surface area contributed by atoms with Crippen LogP contribution < -0.4 is 25.2 Å². The van der Waals surface area contributed by atoms with Crippen molar-refractivity contribution < 1.29 is 28.2 Å². The van der Waals surface area contributed by atoms with Crippen LogP contribution in [-0.4, -0.2) is 32.1 Å². The number of carbonyl (C=O) groups excluding carboxylic acids is 2. The van der Waals surface area contributed by atoms with Gasteiger partial charge in [-0.2, -0.15) is 0 Å². The normalized spacial score (nSPS) is 10.5. The van der Waals surface area contributed by atoms with Crippen LogP contribution in [-0.2, 0) is 11.2 Å². The topological polar surface area (TPSA) is 104 Å². The molecule has 1 aromatic heterocycles. The number of amides is 1. The van der Waals surface area contributed by atoms with E-state index in [0.717, 1.165) is 5.56 Å². The van der Waals surface area contributed by atoms with E-state index >= 15 is 0 Å². The summed E-state index contributed by atoms with van der Waals surface area (Å²) in [7, 11) is 1.50. The molecule has 0 saturated heterocycles. The molecule has 0 radical (unpaired) electrons. The lowest BCUT2D eigenvalue weighted by Gasteiger charge is -2.10. The Morgan fingerprint density at radius 1 is 0.914 bits per heavy atom. The zero-order valence-corrected chi connectivity index (χ0v) is 19.0. The molecular formula is C27H23NO7. The highest BCUT2D eigenvalue weighted by molar-refractivity contribution is 5.96. The standard InChI is InChI=1S/C27H23NO7/c1-32-22-9-5-6-10-23(22)33-17-25(29)34-20-12-11-19-15-21(27(31)35-24(19)16-20)26(30)28-14-13-18-7-3-2-4-8-18/h2-12,15-16H,13-14,17H2,1H3,(H,28,30). The lowest BCUT2D eigenvalue weighted by Crippen LogP contribution is -2.29. The van der Waals surface area contributed by atoms with Gasteiger partial charge in [0.25, 0.3) is 5.91 Å². The molecule has 3 aromatic carbocycles. The number of hydrogen-bond acceptors (Lipinski definition) is 7. The first-order valence-corrected chi connectivity index (χ1v) is 10.9. The van der Waals surface area contributed by atoms with E-state index in [0.29, 0.717) is 29.9 Å². The number of nitrogens with one attached hydrogen (secondary N) is 1. The van der Waals surface area contributed by atoms with Crippen LogP contribution in [0.1, 0.15) is 15.9 Å². The molecule has 0 atom stereocenters. The van der Waals surface area contributed by atoms with Gasteiger partial charge in [0.05, 0.1) is 7.11 Å². The van der Waals surface area contributed by atoms with Crippen molar-refractivity contribution >= 4 is 22.8 Å². The number of hydrogen-bond donors (Lipinski definition) is 1. The van der Waals surface area contributed by atoms with Gasteiger partial charge >= 0.3 is 11.6 Å². The fourth-order valence-corrected chi connectivity index (χ4v) is 3.41. The van der Waals surface area contributed by atoms with Gasteiger partial charge in [0, 0.05) is 18.0 Å². The molecule has 1 N–H and O–H groups in total. The monoisotopic (exact) mass is 473 g/mol. The van der Waals surface area contributed by atoms with Gasteiger partial charge < -0.3 is 23.9 Å². The quantitative estimate of drug-likeness (QED) is 0.224. The maximum Gasteiger partial charge on any atom is 0.349 e. The molecule has 1 heterocycles. The highest BCUT2D eigenvalue weighted by atomic mass is 16.6. The molecule has 8 heteroatoms. The Balaban J connectivity index is 1.38. The van der Waals surface area contributed by atoms with Gasteiger partial charge in [0.2, 0.25) is 0 Å². The predicted octanol–water partition coefficient (Wildman–Crippen LogP) is 3.76. The molecule has 8 nitrogen and oxygen atoms in total. The van der Waals surface area contributed by atoms with E-state index in [1.54, 1.807) is 36.4 Å². The maximum atomic E-state index is 12.5. The van der Waals surface area contributed by atoms with Crippen molar-refractivity contribution in [3.63, 3.8) is 0 Å². The lowest BCUT2D eigenvalue weighted by molar-refractivity contribution is -0.136. The van der Waals surface area contributed by atoms with E-state index in [2.05, 4.69) is 5.32 Å². The summed E-state index contributed by atoms with van der Waals surface area (Å²) in [6.07, 6.45) is 0.640. The number of fused-ring (bicyclic) bond motifs is 1. The number of para-hydroxylation sites is 2. The van der Waals surface area contributed by atoms with Crippen LogP contribution >= 0.6 is 0 Å². The first-order valence-electron chi connectivity index (χ1n) is 10.9. The average molecular weight is 473 g/mol. The van der Waals surface area contributed by atoms with Gasteiger partial charge in [-0.1, -0.05) is 42.5 Å². The first-order chi connectivity index (χ1) is 17.0. The van der Waals surface area contributed by atoms with Crippen molar-refractivity contribution in [2.75, 3.05) is 20.3 Å². The molecule has 0 aliphatic rings. The van der Waals surface area contributed by atoms with E-state index in [1.807, 2.05) is 30.3 Å². The van der Waals surface area contributed by atoms with E-state index in [4.69, 9.17) is 18.6 Å². The predicted molar refractivity (Wildman–Crippen MR) is 129 cm³/mol. The summed E-state index contributed by atoms with van der Waals surface area (Å²) in [5.41, 5.74) is 0.388. The number of ether oxygens (including phenoxy) is 3. The van der Waals surface area contributed by atoms with Crippen LogP contribution in [0, 0.1) is 0 Å². The zero-order valence-electron chi connectivity index (χ0n) is 19.0. The Kier molecular flexibility index (Phi) is 7.42. The Bertz CT molecular complexity index is 1400.